The third-order valence-corrected chi connectivity index (χ3v) is 1.77. The van der Waals surface area contributed by atoms with Gasteiger partial charge in [-0.2, -0.15) is 0 Å². The van der Waals surface area contributed by atoms with Gasteiger partial charge in [0.15, 0.2) is 5.76 Å². The van der Waals surface area contributed by atoms with E-state index in [9.17, 15) is 0 Å². The Balaban J connectivity index is 4.79. The summed E-state index contributed by atoms with van der Waals surface area (Å²) in [6, 6.07) is 0. The summed E-state index contributed by atoms with van der Waals surface area (Å²) in [5.41, 5.74) is 1.12. The first-order valence-electron chi connectivity index (χ1n) is 4.50. The van der Waals surface area contributed by atoms with Gasteiger partial charge in [-0.3, -0.25) is 0 Å². The molecule has 0 aromatic carbocycles. The van der Waals surface area contributed by atoms with Crippen LogP contribution in [0.4, 0.5) is 0 Å². The van der Waals surface area contributed by atoms with Gasteiger partial charge < -0.3 is 9.47 Å². The molecule has 0 aliphatic heterocycles. The Labute approximate surface area is 81.2 Å². The van der Waals surface area contributed by atoms with Gasteiger partial charge in [0.2, 0.25) is 0 Å². The van der Waals surface area contributed by atoms with Crippen LogP contribution in [0.5, 0.6) is 0 Å². The van der Waals surface area contributed by atoms with Gasteiger partial charge >= 0.3 is 0 Å². The standard InChI is InChI=1S/C11H20O2/c1-8(2)7-9(3)11(13-6)10(4)12-5/h7-8H,1-6H3. The van der Waals surface area contributed by atoms with Crippen molar-refractivity contribution in [1.82, 2.24) is 0 Å². The van der Waals surface area contributed by atoms with Crippen LogP contribution in [0.1, 0.15) is 27.7 Å². The molecule has 0 N–H and O–H groups in total. The van der Waals surface area contributed by atoms with Crippen molar-refractivity contribution in [3.63, 3.8) is 0 Å². The zero-order valence-corrected chi connectivity index (χ0v) is 9.47. The van der Waals surface area contributed by atoms with Crippen molar-refractivity contribution in [2.24, 2.45) is 5.92 Å². The zero-order valence-electron chi connectivity index (χ0n) is 9.47. The van der Waals surface area contributed by atoms with Crippen LogP contribution in [0.3, 0.4) is 0 Å². The molecule has 0 amide bonds. The third kappa shape index (κ3) is 4.02. The Morgan fingerprint density at radius 3 is 1.92 bits per heavy atom. The number of rotatable bonds is 4. The molecule has 0 saturated carbocycles. The second kappa shape index (κ2) is 5.68. The smallest absolute Gasteiger partial charge is 0.158 e. The van der Waals surface area contributed by atoms with Crippen LogP contribution in [-0.4, -0.2) is 14.2 Å². The van der Waals surface area contributed by atoms with Crippen LogP contribution in [0.25, 0.3) is 0 Å². The van der Waals surface area contributed by atoms with E-state index in [2.05, 4.69) is 19.9 Å². The van der Waals surface area contributed by atoms with Crippen molar-refractivity contribution in [2.45, 2.75) is 27.7 Å². The van der Waals surface area contributed by atoms with Crippen LogP contribution >= 0.6 is 0 Å². The van der Waals surface area contributed by atoms with Gasteiger partial charge in [-0.25, -0.2) is 0 Å². The molecule has 0 spiro atoms. The van der Waals surface area contributed by atoms with E-state index in [1.165, 1.54) is 0 Å². The SMILES string of the molecule is COC(C)=C(OC)C(C)=CC(C)C. The summed E-state index contributed by atoms with van der Waals surface area (Å²) in [4.78, 5) is 0. The largest absolute Gasteiger partial charge is 0.498 e. The fourth-order valence-corrected chi connectivity index (χ4v) is 1.25. The average Bonchev–Trinajstić information content (AvgIpc) is 2.03. The predicted octanol–water partition coefficient (Wildman–Crippen LogP) is 3.11. The van der Waals surface area contributed by atoms with Crippen molar-refractivity contribution in [3.8, 4) is 0 Å². The maximum Gasteiger partial charge on any atom is 0.158 e. The molecular formula is C11H20O2. The minimum atomic E-state index is 0.523. The van der Waals surface area contributed by atoms with Crippen LogP contribution in [0, 0.1) is 5.92 Å². The highest BCUT2D eigenvalue weighted by Crippen LogP contribution is 2.17. The van der Waals surface area contributed by atoms with E-state index in [1.807, 2.05) is 13.8 Å². The third-order valence-electron chi connectivity index (χ3n) is 1.77. The van der Waals surface area contributed by atoms with Crippen LogP contribution in [-0.2, 0) is 9.47 Å². The molecule has 0 bridgehead atoms. The molecule has 13 heavy (non-hydrogen) atoms. The highest BCUT2D eigenvalue weighted by Gasteiger charge is 2.05. The lowest BCUT2D eigenvalue weighted by atomic mass is 10.1. The molecule has 0 aromatic rings. The van der Waals surface area contributed by atoms with E-state index in [1.54, 1.807) is 14.2 Å². The molecule has 0 atom stereocenters. The van der Waals surface area contributed by atoms with Gasteiger partial charge in [0.05, 0.1) is 14.2 Å². The number of allylic oxidation sites excluding steroid dienone is 3. The number of hydrogen-bond acceptors (Lipinski definition) is 2. The van der Waals surface area contributed by atoms with Crippen molar-refractivity contribution in [3.05, 3.63) is 23.2 Å². The molecule has 0 heterocycles. The van der Waals surface area contributed by atoms with Crippen molar-refractivity contribution >= 4 is 0 Å². The summed E-state index contributed by atoms with van der Waals surface area (Å²) in [5.74, 6) is 2.17. The van der Waals surface area contributed by atoms with E-state index in [4.69, 9.17) is 9.47 Å². The molecule has 2 nitrogen and oxygen atoms in total. The fraction of sp³-hybridized carbons (Fsp3) is 0.636. The van der Waals surface area contributed by atoms with Crippen molar-refractivity contribution in [2.75, 3.05) is 14.2 Å². The lowest BCUT2D eigenvalue weighted by Gasteiger charge is -2.11. The van der Waals surface area contributed by atoms with Gasteiger partial charge in [0.1, 0.15) is 5.76 Å². The molecule has 0 fully saturated rings. The molecule has 0 radical (unpaired) electrons. The van der Waals surface area contributed by atoms with Crippen molar-refractivity contribution < 1.29 is 9.47 Å². The Bertz CT molecular complexity index is 212. The Kier molecular flexibility index (Phi) is 5.28. The van der Waals surface area contributed by atoms with E-state index in [0.29, 0.717) is 5.92 Å². The number of hydrogen-bond donors (Lipinski definition) is 0. The van der Waals surface area contributed by atoms with Gasteiger partial charge in [0.25, 0.3) is 0 Å². The second-order valence-electron chi connectivity index (χ2n) is 3.39. The highest BCUT2D eigenvalue weighted by atomic mass is 16.5. The molecule has 2 heteroatoms. The molecule has 76 valence electrons. The molecule has 0 saturated heterocycles. The summed E-state index contributed by atoms with van der Waals surface area (Å²) in [6.07, 6.45) is 2.15. The Morgan fingerprint density at radius 1 is 1.08 bits per heavy atom. The van der Waals surface area contributed by atoms with Gasteiger partial charge in [-0.15, -0.1) is 0 Å². The molecule has 0 unspecified atom stereocenters. The minimum Gasteiger partial charge on any atom is -0.498 e. The predicted molar refractivity (Wildman–Crippen MR) is 55.3 cm³/mol. The van der Waals surface area contributed by atoms with E-state index < -0.39 is 0 Å². The first-order valence-corrected chi connectivity index (χ1v) is 4.50. The summed E-state index contributed by atoms with van der Waals surface area (Å²) < 4.78 is 10.4. The van der Waals surface area contributed by atoms with E-state index >= 15 is 0 Å². The summed E-state index contributed by atoms with van der Waals surface area (Å²) >= 11 is 0. The lowest BCUT2D eigenvalue weighted by molar-refractivity contribution is 0.228. The van der Waals surface area contributed by atoms with Crippen molar-refractivity contribution in [1.29, 1.82) is 0 Å². The summed E-state index contributed by atoms with van der Waals surface area (Å²) in [5, 5.41) is 0. The first-order chi connectivity index (χ1) is 6.02. The summed E-state index contributed by atoms with van der Waals surface area (Å²) in [7, 11) is 3.31. The normalized spacial score (nSPS) is 14.2. The number of methoxy groups -OCH3 is 2. The fourth-order valence-electron chi connectivity index (χ4n) is 1.25. The van der Waals surface area contributed by atoms with Gasteiger partial charge in [-0.05, 0) is 25.3 Å². The first kappa shape index (κ1) is 12.1. The van der Waals surface area contributed by atoms with Crippen LogP contribution < -0.4 is 0 Å². The number of ether oxygens (including phenoxy) is 2. The quantitative estimate of drug-likeness (QED) is 0.493. The van der Waals surface area contributed by atoms with Crippen LogP contribution in [0.15, 0.2) is 23.2 Å². The maximum atomic E-state index is 5.25. The zero-order chi connectivity index (χ0) is 10.4. The molecule has 0 aromatic heterocycles. The maximum absolute atomic E-state index is 5.25. The molecule has 0 aliphatic rings. The lowest BCUT2D eigenvalue weighted by Crippen LogP contribution is -1.97. The monoisotopic (exact) mass is 184 g/mol. The van der Waals surface area contributed by atoms with E-state index in [-0.39, 0.29) is 0 Å². The van der Waals surface area contributed by atoms with E-state index in [0.717, 1.165) is 17.1 Å². The topological polar surface area (TPSA) is 18.5 Å². The second-order valence-corrected chi connectivity index (χ2v) is 3.39. The van der Waals surface area contributed by atoms with Gasteiger partial charge in [0, 0.05) is 0 Å². The highest BCUT2D eigenvalue weighted by molar-refractivity contribution is 5.26. The minimum absolute atomic E-state index is 0.523. The van der Waals surface area contributed by atoms with Gasteiger partial charge in [-0.1, -0.05) is 19.9 Å². The Hall–Kier alpha value is -0.920. The molecule has 0 aliphatic carbocycles. The Morgan fingerprint density at radius 2 is 1.62 bits per heavy atom. The van der Waals surface area contributed by atoms with Crippen LogP contribution in [0.2, 0.25) is 0 Å². The molecular weight excluding hydrogens is 164 g/mol. The summed E-state index contributed by atoms with van der Waals surface area (Å²) in [6.45, 7) is 8.20. The molecule has 0 rings (SSSR count). The average molecular weight is 184 g/mol.